The maximum atomic E-state index is 14.4. The molecule has 3 aromatic rings. The number of nitrogens with one attached hydrogen (secondary N) is 2. The quantitative estimate of drug-likeness (QED) is 0.162. The first-order chi connectivity index (χ1) is 26.3. The Morgan fingerprint density at radius 2 is 1.51 bits per heavy atom. The number of aliphatic imine (C=N–C) groups is 1. The van der Waals surface area contributed by atoms with Gasteiger partial charge >= 0.3 is 17.9 Å². The smallest absolute Gasteiger partial charge is 0.322 e. The minimum Gasteiger partial charge on any atom is -0.481 e. The van der Waals surface area contributed by atoms with Crippen molar-refractivity contribution in [1.82, 2.24) is 10.6 Å². The van der Waals surface area contributed by atoms with E-state index in [1.165, 1.54) is 24.3 Å². The first kappa shape index (κ1) is 40.3. The van der Waals surface area contributed by atoms with Gasteiger partial charge in [0.1, 0.15) is 11.3 Å². The van der Waals surface area contributed by atoms with Gasteiger partial charge < -0.3 is 31.7 Å². The summed E-state index contributed by atoms with van der Waals surface area (Å²) in [4.78, 5) is 94.2. The van der Waals surface area contributed by atoms with Gasteiger partial charge in [0, 0.05) is 6.54 Å². The largest absolute Gasteiger partial charge is 0.481 e. The molecule has 1 heterocycles. The van der Waals surface area contributed by atoms with Gasteiger partial charge in [-0.15, -0.1) is 0 Å². The van der Waals surface area contributed by atoms with E-state index in [-0.39, 0.29) is 43.0 Å². The van der Waals surface area contributed by atoms with Gasteiger partial charge in [-0.05, 0) is 71.4 Å². The zero-order chi connectivity index (χ0) is 39.7. The van der Waals surface area contributed by atoms with E-state index in [0.29, 0.717) is 37.7 Å². The fourth-order valence-corrected chi connectivity index (χ4v) is 8.00. The lowest BCUT2D eigenvalue weighted by atomic mass is 9.76. The molecule has 55 heavy (non-hydrogen) atoms. The summed E-state index contributed by atoms with van der Waals surface area (Å²) in [6, 6.07) is 19.6. The van der Waals surface area contributed by atoms with Gasteiger partial charge in [0.15, 0.2) is 5.92 Å². The number of benzene rings is 3. The standard InChI is InChI=1S/C41H46N4O10/c42-33(46)22-32-37(50)43-23-24(20-28-11-7-10-25-9-2-3-12-29(25)28)8-6-13-30(26-14-16-27(17-15-26)35(38(51)52)39(53)54)31(21-34(47)48)36(49)45-41(40(55)44-32)18-4-1-5-19-41/h2-3,7,9-12,14-17,24,30-31,35H,1,4-6,8,13,18-23H2,(H2,42,46)(H,43,50)(H,45,49)(H,47,48)(H,51,52)(H,53,54)/t24-,30+,31+/m0/s1. The van der Waals surface area contributed by atoms with E-state index in [2.05, 4.69) is 15.6 Å². The average Bonchev–Trinajstić information content (AvgIpc) is 3.14. The highest BCUT2D eigenvalue weighted by atomic mass is 16.4. The summed E-state index contributed by atoms with van der Waals surface area (Å²) in [5, 5.41) is 37.0. The number of aliphatic carboxylic acids is 3. The fourth-order valence-electron chi connectivity index (χ4n) is 8.00. The molecule has 1 aliphatic heterocycles. The Morgan fingerprint density at radius 3 is 2.16 bits per heavy atom. The molecule has 1 aliphatic carbocycles. The summed E-state index contributed by atoms with van der Waals surface area (Å²) >= 11 is 0. The molecule has 1 spiro atoms. The normalized spacial score (nSPS) is 21.1. The number of hydrogen-bond donors (Lipinski definition) is 6. The van der Waals surface area contributed by atoms with Crippen molar-refractivity contribution in [2.45, 2.75) is 88.0 Å². The molecule has 14 heteroatoms. The molecule has 2 aliphatic rings. The topological polar surface area (TPSA) is 243 Å². The number of hydrogen-bond acceptors (Lipinski definition) is 7. The second-order valence-electron chi connectivity index (χ2n) is 14.6. The monoisotopic (exact) mass is 754 g/mol. The van der Waals surface area contributed by atoms with Crippen LogP contribution in [0.15, 0.2) is 71.7 Å². The third kappa shape index (κ3) is 9.99. The number of carbonyl (C=O) groups is 7. The van der Waals surface area contributed by atoms with Crippen LogP contribution in [0.25, 0.3) is 10.8 Å². The second kappa shape index (κ2) is 17.9. The number of amides is 4. The van der Waals surface area contributed by atoms with Gasteiger partial charge in [0.2, 0.25) is 11.8 Å². The Bertz CT molecular complexity index is 1970. The summed E-state index contributed by atoms with van der Waals surface area (Å²) in [5.74, 6) is -11.5. The Hall–Kier alpha value is -5.92. The molecule has 0 saturated heterocycles. The van der Waals surface area contributed by atoms with Crippen LogP contribution in [0.5, 0.6) is 0 Å². The van der Waals surface area contributed by atoms with Crippen molar-refractivity contribution in [1.29, 1.82) is 0 Å². The third-order valence-electron chi connectivity index (χ3n) is 10.8. The first-order valence-electron chi connectivity index (χ1n) is 18.5. The van der Waals surface area contributed by atoms with Crippen LogP contribution < -0.4 is 16.4 Å². The highest BCUT2D eigenvalue weighted by Crippen LogP contribution is 2.37. The van der Waals surface area contributed by atoms with E-state index in [1.54, 1.807) is 0 Å². The van der Waals surface area contributed by atoms with Gasteiger partial charge in [-0.25, -0.2) is 4.99 Å². The number of fused-ring (bicyclic) bond motifs is 1. The van der Waals surface area contributed by atoms with E-state index in [4.69, 9.17) is 5.73 Å². The maximum Gasteiger partial charge on any atom is 0.322 e. The summed E-state index contributed by atoms with van der Waals surface area (Å²) in [6.45, 7) is 0.139. The van der Waals surface area contributed by atoms with Crippen molar-refractivity contribution < 1.29 is 48.9 Å². The Morgan fingerprint density at radius 1 is 0.836 bits per heavy atom. The maximum absolute atomic E-state index is 14.4. The lowest BCUT2D eigenvalue weighted by Gasteiger charge is -2.37. The van der Waals surface area contributed by atoms with Gasteiger partial charge in [0.25, 0.3) is 11.8 Å². The minimum absolute atomic E-state index is 0.00222. The van der Waals surface area contributed by atoms with E-state index in [9.17, 15) is 48.9 Å². The zero-order valence-corrected chi connectivity index (χ0v) is 30.4. The Kier molecular flexibility index (Phi) is 13.1. The summed E-state index contributed by atoms with van der Waals surface area (Å²) in [5.41, 5.74) is 5.05. The molecule has 0 aromatic heterocycles. The van der Waals surface area contributed by atoms with E-state index in [1.807, 2.05) is 42.5 Å². The fraction of sp³-hybridized carbons (Fsp3) is 0.415. The average molecular weight is 755 g/mol. The molecule has 7 N–H and O–H groups in total. The first-order valence-corrected chi connectivity index (χ1v) is 18.5. The van der Waals surface area contributed by atoms with E-state index in [0.717, 1.165) is 22.8 Å². The molecule has 5 rings (SSSR count). The predicted octanol–water partition coefficient (Wildman–Crippen LogP) is 4.09. The molecule has 0 unspecified atom stereocenters. The summed E-state index contributed by atoms with van der Waals surface area (Å²) in [6.07, 6.45) is 2.75. The number of nitrogens with zero attached hydrogens (tertiary/aromatic N) is 1. The number of carboxylic acids is 3. The van der Waals surface area contributed by atoms with Crippen molar-refractivity contribution in [3.63, 3.8) is 0 Å². The molecular formula is C41H46N4O10. The van der Waals surface area contributed by atoms with Crippen LogP contribution in [-0.4, -0.2) is 74.7 Å². The number of primary amides is 1. The number of carbonyl (C=O) groups excluding carboxylic acids is 4. The SMILES string of the molecule is NC(=O)CC1=NC(=O)C2(CCCCC2)NC(=O)[C@H](CC(=O)O)[C@@H](c2ccc(C(C(=O)O)C(=O)O)cc2)CCC[C@@H](Cc2cccc3ccccc23)CNC1=O. The number of nitrogens with two attached hydrogens (primary N) is 1. The van der Waals surface area contributed by atoms with Crippen LogP contribution in [0.2, 0.25) is 0 Å². The molecule has 3 atom stereocenters. The molecule has 1 saturated carbocycles. The van der Waals surface area contributed by atoms with Crippen molar-refractivity contribution in [2.75, 3.05) is 6.54 Å². The molecule has 14 nitrogen and oxygen atoms in total. The summed E-state index contributed by atoms with van der Waals surface area (Å²) in [7, 11) is 0. The molecule has 0 radical (unpaired) electrons. The van der Waals surface area contributed by atoms with Gasteiger partial charge in [0.05, 0.1) is 18.8 Å². The minimum atomic E-state index is -1.83. The predicted molar refractivity (Wildman–Crippen MR) is 201 cm³/mol. The number of carboxylic acid groups (broad SMARTS) is 3. The molecular weight excluding hydrogens is 708 g/mol. The highest BCUT2D eigenvalue weighted by Gasteiger charge is 2.44. The zero-order valence-electron chi connectivity index (χ0n) is 30.4. The molecule has 4 amide bonds. The van der Waals surface area contributed by atoms with Gasteiger partial charge in [-0.2, -0.15) is 0 Å². The van der Waals surface area contributed by atoms with Crippen molar-refractivity contribution in [2.24, 2.45) is 22.6 Å². The van der Waals surface area contributed by atoms with Crippen LogP contribution >= 0.6 is 0 Å². The van der Waals surface area contributed by atoms with Gasteiger partial charge in [-0.3, -0.25) is 33.6 Å². The molecule has 1 fully saturated rings. The Labute approximate surface area is 317 Å². The molecule has 290 valence electrons. The van der Waals surface area contributed by atoms with Crippen molar-refractivity contribution in [3.8, 4) is 0 Å². The lowest BCUT2D eigenvalue weighted by molar-refractivity contribution is -0.150. The van der Waals surface area contributed by atoms with E-state index < -0.39 is 77.7 Å². The van der Waals surface area contributed by atoms with Crippen LogP contribution in [0.4, 0.5) is 0 Å². The van der Waals surface area contributed by atoms with Crippen LogP contribution in [0.3, 0.4) is 0 Å². The Balaban J connectivity index is 1.59. The van der Waals surface area contributed by atoms with Crippen LogP contribution in [-0.2, 0) is 40.0 Å². The second-order valence-corrected chi connectivity index (χ2v) is 14.6. The lowest BCUT2D eigenvalue weighted by Crippen LogP contribution is -2.57. The van der Waals surface area contributed by atoms with Crippen LogP contribution in [0.1, 0.15) is 92.7 Å². The van der Waals surface area contributed by atoms with Gasteiger partial charge in [-0.1, -0.05) is 92.4 Å². The molecule has 0 bridgehead atoms. The van der Waals surface area contributed by atoms with Crippen molar-refractivity contribution in [3.05, 3.63) is 83.4 Å². The molecule has 3 aromatic carbocycles. The van der Waals surface area contributed by atoms with Crippen molar-refractivity contribution >= 4 is 58.0 Å². The highest BCUT2D eigenvalue weighted by molar-refractivity contribution is 6.43. The summed E-state index contributed by atoms with van der Waals surface area (Å²) < 4.78 is 0. The number of rotatable bonds is 10. The van der Waals surface area contributed by atoms with E-state index >= 15 is 0 Å². The van der Waals surface area contributed by atoms with Crippen LogP contribution in [0, 0.1) is 11.8 Å². The third-order valence-corrected chi connectivity index (χ3v) is 10.8.